The van der Waals surface area contributed by atoms with Gasteiger partial charge in [0, 0.05) is 10.7 Å². The summed E-state index contributed by atoms with van der Waals surface area (Å²) in [5.74, 6) is 0. The van der Waals surface area contributed by atoms with E-state index in [2.05, 4.69) is 5.10 Å². The molecule has 0 aliphatic heterocycles. The van der Waals surface area contributed by atoms with Crippen molar-refractivity contribution in [2.45, 2.75) is 43.7 Å². The molecular formula is C9H13ClN2O2S. The first kappa shape index (κ1) is 11.0. The van der Waals surface area contributed by atoms with Crippen LogP contribution in [0.3, 0.4) is 0 Å². The van der Waals surface area contributed by atoms with E-state index in [0.717, 1.165) is 25.7 Å². The average Bonchev–Trinajstić information content (AvgIpc) is 2.68. The summed E-state index contributed by atoms with van der Waals surface area (Å²) in [6.07, 6.45) is 4.23. The van der Waals surface area contributed by atoms with Crippen LogP contribution in [0.15, 0.2) is 11.1 Å². The van der Waals surface area contributed by atoms with Crippen LogP contribution in [0.2, 0.25) is 0 Å². The Morgan fingerprint density at radius 3 is 2.60 bits per heavy atom. The van der Waals surface area contributed by atoms with Crippen molar-refractivity contribution in [1.82, 2.24) is 9.78 Å². The molecule has 1 aliphatic carbocycles. The number of rotatable bonds is 2. The molecule has 0 atom stereocenters. The highest BCUT2D eigenvalue weighted by Crippen LogP contribution is 2.32. The summed E-state index contributed by atoms with van der Waals surface area (Å²) >= 11 is 0. The molecule has 0 N–H and O–H groups in total. The van der Waals surface area contributed by atoms with E-state index in [1.807, 2.05) is 0 Å². The topological polar surface area (TPSA) is 52.0 Å². The number of hydrogen-bond acceptors (Lipinski definition) is 3. The third kappa shape index (κ3) is 2.18. The van der Waals surface area contributed by atoms with Crippen LogP contribution in [-0.4, -0.2) is 18.2 Å². The fourth-order valence-electron chi connectivity index (χ4n) is 2.09. The van der Waals surface area contributed by atoms with Crippen LogP contribution in [-0.2, 0) is 9.05 Å². The molecule has 0 amide bonds. The molecular weight excluding hydrogens is 236 g/mol. The van der Waals surface area contributed by atoms with Gasteiger partial charge in [-0.05, 0) is 25.8 Å². The van der Waals surface area contributed by atoms with E-state index in [0.29, 0.717) is 5.69 Å². The van der Waals surface area contributed by atoms with Gasteiger partial charge in [0.1, 0.15) is 0 Å². The molecule has 2 rings (SSSR count). The van der Waals surface area contributed by atoms with E-state index in [9.17, 15) is 8.42 Å². The van der Waals surface area contributed by atoms with E-state index in [4.69, 9.17) is 10.7 Å². The third-order valence-electron chi connectivity index (χ3n) is 2.74. The van der Waals surface area contributed by atoms with Gasteiger partial charge in [-0.2, -0.15) is 5.10 Å². The van der Waals surface area contributed by atoms with Gasteiger partial charge in [0.15, 0.2) is 5.03 Å². The Morgan fingerprint density at radius 1 is 1.47 bits per heavy atom. The van der Waals surface area contributed by atoms with E-state index in [1.165, 1.54) is 6.07 Å². The second kappa shape index (κ2) is 3.79. The average molecular weight is 249 g/mol. The Labute approximate surface area is 93.7 Å². The van der Waals surface area contributed by atoms with E-state index >= 15 is 0 Å². The highest BCUT2D eigenvalue weighted by Gasteiger charge is 2.25. The molecule has 0 spiro atoms. The molecule has 15 heavy (non-hydrogen) atoms. The maximum absolute atomic E-state index is 11.3. The fourth-order valence-corrected chi connectivity index (χ4v) is 3.16. The van der Waals surface area contributed by atoms with Crippen LogP contribution in [0.4, 0.5) is 0 Å². The van der Waals surface area contributed by atoms with Crippen LogP contribution < -0.4 is 0 Å². The van der Waals surface area contributed by atoms with Crippen LogP contribution >= 0.6 is 10.7 Å². The maximum atomic E-state index is 11.3. The molecule has 0 radical (unpaired) electrons. The Morgan fingerprint density at radius 2 is 2.07 bits per heavy atom. The van der Waals surface area contributed by atoms with Crippen molar-refractivity contribution in [2.24, 2.45) is 0 Å². The first-order chi connectivity index (χ1) is 6.98. The molecule has 1 fully saturated rings. The molecule has 1 aromatic heterocycles. The lowest BCUT2D eigenvalue weighted by Crippen LogP contribution is -2.11. The lowest BCUT2D eigenvalue weighted by atomic mass is 10.3. The van der Waals surface area contributed by atoms with Crippen LogP contribution in [0, 0.1) is 6.92 Å². The summed E-state index contributed by atoms with van der Waals surface area (Å²) in [5.41, 5.74) is 0.695. The summed E-state index contributed by atoms with van der Waals surface area (Å²) in [6.45, 7) is 1.77. The van der Waals surface area contributed by atoms with Crippen molar-refractivity contribution in [2.75, 3.05) is 0 Å². The molecule has 1 saturated carbocycles. The van der Waals surface area contributed by atoms with Crippen molar-refractivity contribution in [3.63, 3.8) is 0 Å². The zero-order valence-electron chi connectivity index (χ0n) is 8.48. The van der Waals surface area contributed by atoms with E-state index < -0.39 is 9.05 Å². The first-order valence-corrected chi connectivity index (χ1v) is 7.30. The van der Waals surface area contributed by atoms with Gasteiger partial charge in [-0.15, -0.1) is 0 Å². The van der Waals surface area contributed by atoms with Crippen LogP contribution in [0.5, 0.6) is 0 Å². The van der Waals surface area contributed by atoms with Crippen LogP contribution in [0.1, 0.15) is 37.4 Å². The first-order valence-electron chi connectivity index (χ1n) is 4.99. The minimum absolute atomic E-state index is 0.133. The van der Waals surface area contributed by atoms with Crippen molar-refractivity contribution in [3.05, 3.63) is 11.8 Å². The molecule has 6 heteroatoms. The van der Waals surface area contributed by atoms with Gasteiger partial charge in [-0.1, -0.05) is 12.8 Å². The number of halogens is 1. The summed E-state index contributed by atoms with van der Waals surface area (Å²) in [6, 6.07) is 1.72. The van der Waals surface area contributed by atoms with Crippen molar-refractivity contribution in [1.29, 1.82) is 0 Å². The monoisotopic (exact) mass is 248 g/mol. The van der Waals surface area contributed by atoms with Crippen molar-refractivity contribution >= 4 is 19.7 Å². The lowest BCUT2D eigenvalue weighted by Gasteiger charge is -2.11. The smallest absolute Gasteiger partial charge is 0.250 e. The summed E-state index contributed by atoms with van der Waals surface area (Å²) < 4.78 is 24.2. The minimum atomic E-state index is -3.68. The molecule has 1 aliphatic rings. The fraction of sp³-hybridized carbons (Fsp3) is 0.667. The quantitative estimate of drug-likeness (QED) is 0.755. The van der Waals surface area contributed by atoms with E-state index in [-0.39, 0.29) is 11.1 Å². The molecule has 4 nitrogen and oxygen atoms in total. The molecule has 1 aromatic rings. The predicted molar refractivity (Wildman–Crippen MR) is 57.5 cm³/mol. The van der Waals surface area contributed by atoms with E-state index in [1.54, 1.807) is 11.6 Å². The van der Waals surface area contributed by atoms with Crippen LogP contribution in [0.25, 0.3) is 0 Å². The number of aromatic nitrogens is 2. The number of aryl methyl sites for hydroxylation is 1. The Bertz CT molecular complexity index is 460. The number of nitrogens with zero attached hydrogens (tertiary/aromatic N) is 2. The molecule has 0 saturated heterocycles. The molecule has 0 bridgehead atoms. The molecule has 1 heterocycles. The maximum Gasteiger partial charge on any atom is 0.278 e. The highest BCUT2D eigenvalue weighted by molar-refractivity contribution is 8.13. The van der Waals surface area contributed by atoms with Gasteiger partial charge in [-0.25, -0.2) is 13.1 Å². The standard InChI is InChI=1S/C9H13ClN2O2S/c1-7-6-9(15(10,13)14)12(11-7)8-4-2-3-5-8/h6,8H,2-5H2,1H3. The minimum Gasteiger partial charge on any atom is -0.250 e. The SMILES string of the molecule is Cc1cc(S(=O)(=O)Cl)n(C2CCCC2)n1. The second-order valence-corrected chi connectivity index (χ2v) is 6.46. The van der Waals surface area contributed by atoms with Crippen molar-refractivity contribution in [3.8, 4) is 0 Å². The van der Waals surface area contributed by atoms with Gasteiger partial charge in [-0.3, -0.25) is 0 Å². The Kier molecular flexibility index (Phi) is 2.77. The predicted octanol–water partition coefficient (Wildman–Crippen LogP) is 2.23. The highest BCUT2D eigenvalue weighted by atomic mass is 35.7. The molecule has 0 unspecified atom stereocenters. The summed E-state index contributed by atoms with van der Waals surface area (Å²) in [7, 11) is 1.69. The van der Waals surface area contributed by atoms with Gasteiger partial charge < -0.3 is 0 Å². The summed E-state index contributed by atoms with van der Waals surface area (Å²) in [4.78, 5) is 0. The molecule has 0 aromatic carbocycles. The second-order valence-electron chi connectivity index (χ2n) is 3.94. The molecule has 84 valence electrons. The van der Waals surface area contributed by atoms with Gasteiger partial charge in [0.05, 0.1) is 11.7 Å². The third-order valence-corrected chi connectivity index (χ3v) is 4.02. The van der Waals surface area contributed by atoms with Gasteiger partial charge in [0.2, 0.25) is 0 Å². The number of hydrogen-bond donors (Lipinski definition) is 0. The van der Waals surface area contributed by atoms with Gasteiger partial charge >= 0.3 is 0 Å². The zero-order valence-corrected chi connectivity index (χ0v) is 10.1. The Hall–Kier alpha value is -0.550. The van der Waals surface area contributed by atoms with Crippen molar-refractivity contribution < 1.29 is 8.42 Å². The largest absolute Gasteiger partial charge is 0.278 e. The zero-order chi connectivity index (χ0) is 11.1. The normalized spacial score (nSPS) is 18.5. The van der Waals surface area contributed by atoms with Gasteiger partial charge in [0.25, 0.3) is 9.05 Å². The lowest BCUT2D eigenvalue weighted by molar-refractivity contribution is 0.427. The Balaban J connectivity index is 2.46. The summed E-state index contributed by atoms with van der Waals surface area (Å²) in [5, 5.41) is 4.35.